The second-order valence-electron chi connectivity index (χ2n) is 6.83. The number of rotatable bonds is 7. The SMILES string of the molecule is COc1cccc(-c2cnc(-c3ccccc3C(=O)Nc3ccc(OC)cc3OC)o2)c1. The number of amides is 1. The van der Waals surface area contributed by atoms with Crippen LogP contribution in [-0.4, -0.2) is 32.2 Å². The molecule has 0 unspecified atom stereocenters. The molecule has 0 aliphatic carbocycles. The molecule has 0 aliphatic rings. The molecular weight excluding hydrogens is 408 g/mol. The Balaban J connectivity index is 1.64. The number of nitrogens with one attached hydrogen (secondary N) is 1. The third-order valence-corrected chi connectivity index (χ3v) is 4.92. The maximum Gasteiger partial charge on any atom is 0.256 e. The first kappa shape index (κ1) is 21.0. The van der Waals surface area contributed by atoms with E-state index in [1.807, 2.05) is 30.3 Å². The third kappa shape index (κ3) is 4.27. The summed E-state index contributed by atoms with van der Waals surface area (Å²) in [5, 5.41) is 2.89. The Bertz CT molecular complexity index is 1250. The van der Waals surface area contributed by atoms with E-state index in [0.717, 1.165) is 5.56 Å². The molecule has 7 nitrogen and oxygen atoms in total. The van der Waals surface area contributed by atoms with E-state index in [4.69, 9.17) is 18.6 Å². The van der Waals surface area contributed by atoms with Gasteiger partial charge in [-0.05, 0) is 36.4 Å². The second-order valence-corrected chi connectivity index (χ2v) is 6.83. The van der Waals surface area contributed by atoms with Crippen LogP contribution in [0, 0.1) is 0 Å². The van der Waals surface area contributed by atoms with Gasteiger partial charge in [-0.15, -0.1) is 0 Å². The van der Waals surface area contributed by atoms with Crippen LogP contribution in [0.15, 0.2) is 77.3 Å². The van der Waals surface area contributed by atoms with Crippen molar-refractivity contribution < 1.29 is 23.4 Å². The summed E-state index contributed by atoms with van der Waals surface area (Å²) in [6.07, 6.45) is 1.63. The smallest absolute Gasteiger partial charge is 0.256 e. The molecule has 1 N–H and O–H groups in total. The van der Waals surface area contributed by atoms with Crippen molar-refractivity contribution in [1.29, 1.82) is 0 Å². The van der Waals surface area contributed by atoms with Crippen molar-refractivity contribution in [3.05, 3.63) is 78.5 Å². The molecule has 1 amide bonds. The Morgan fingerprint density at radius 2 is 1.66 bits per heavy atom. The lowest BCUT2D eigenvalue weighted by atomic mass is 10.1. The average molecular weight is 430 g/mol. The number of carbonyl (C=O) groups is 1. The first-order valence-corrected chi connectivity index (χ1v) is 9.86. The van der Waals surface area contributed by atoms with Crippen molar-refractivity contribution in [3.63, 3.8) is 0 Å². The summed E-state index contributed by atoms with van der Waals surface area (Å²) in [7, 11) is 4.71. The molecule has 1 aromatic heterocycles. The predicted octanol–water partition coefficient (Wildman–Crippen LogP) is 5.29. The van der Waals surface area contributed by atoms with E-state index in [0.29, 0.717) is 45.7 Å². The molecule has 0 spiro atoms. The number of methoxy groups -OCH3 is 3. The van der Waals surface area contributed by atoms with E-state index >= 15 is 0 Å². The van der Waals surface area contributed by atoms with Gasteiger partial charge < -0.3 is 23.9 Å². The van der Waals surface area contributed by atoms with Gasteiger partial charge in [-0.3, -0.25) is 4.79 Å². The standard InChI is InChI=1S/C25H22N2O5/c1-29-17-8-6-7-16(13-17)23-15-26-25(32-23)20-10-5-4-9-19(20)24(28)27-21-12-11-18(30-2)14-22(21)31-3/h4-15H,1-3H3,(H,27,28). The van der Waals surface area contributed by atoms with Gasteiger partial charge in [0.25, 0.3) is 5.91 Å². The number of benzene rings is 3. The van der Waals surface area contributed by atoms with Crippen LogP contribution in [0.25, 0.3) is 22.8 Å². The van der Waals surface area contributed by atoms with Gasteiger partial charge >= 0.3 is 0 Å². The lowest BCUT2D eigenvalue weighted by Gasteiger charge is -2.12. The lowest BCUT2D eigenvalue weighted by molar-refractivity contribution is 0.102. The Labute approximate surface area is 185 Å². The summed E-state index contributed by atoms with van der Waals surface area (Å²) in [4.78, 5) is 17.5. The number of aromatic nitrogens is 1. The van der Waals surface area contributed by atoms with Crippen molar-refractivity contribution in [2.24, 2.45) is 0 Å². The van der Waals surface area contributed by atoms with Crippen LogP contribution in [-0.2, 0) is 0 Å². The zero-order valence-corrected chi connectivity index (χ0v) is 17.9. The summed E-state index contributed by atoms with van der Waals surface area (Å²) in [6.45, 7) is 0. The van der Waals surface area contributed by atoms with Crippen LogP contribution in [0.1, 0.15) is 10.4 Å². The number of ether oxygens (including phenoxy) is 3. The van der Waals surface area contributed by atoms with Crippen LogP contribution in [0.5, 0.6) is 17.2 Å². The highest BCUT2D eigenvalue weighted by atomic mass is 16.5. The summed E-state index contributed by atoms with van der Waals surface area (Å²) in [6, 6.07) is 19.8. The summed E-state index contributed by atoms with van der Waals surface area (Å²) < 4.78 is 21.8. The molecule has 0 fully saturated rings. The third-order valence-electron chi connectivity index (χ3n) is 4.92. The zero-order valence-electron chi connectivity index (χ0n) is 17.9. The maximum absolute atomic E-state index is 13.1. The normalized spacial score (nSPS) is 10.5. The number of anilines is 1. The van der Waals surface area contributed by atoms with Gasteiger partial charge in [-0.2, -0.15) is 0 Å². The highest BCUT2D eigenvalue weighted by molar-refractivity contribution is 6.08. The lowest BCUT2D eigenvalue weighted by Crippen LogP contribution is -2.14. The molecule has 32 heavy (non-hydrogen) atoms. The maximum atomic E-state index is 13.1. The summed E-state index contributed by atoms with van der Waals surface area (Å²) >= 11 is 0. The van der Waals surface area contributed by atoms with Gasteiger partial charge in [-0.25, -0.2) is 4.98 Å². The fourth-order valence-corrected chi connectivity index (χ4v) is 3.27. The Hall–Kier alpha value is -4.26. The van der Waals surface area contributed by atoms with E-state index in [1.165, 1.54) is 7.11 Å². The molecule has 0 bridgehead atoms. The molecule has 0 atom stereocenters. The molecule has 0 aliphatic heterocycles. The molecule has 7 heteroatoms. The molecule has 0 saturated carbocycles. The van der Waals surface area contributed by atoms with Crippen LogP contribution >= 0.6 is 0 Å². The number of hydrogen-bond donors (Lipinski definition) is 1. The van der Waals surface area contributed by atoms with Gasteiger partial charge in [-0.1, -0.05) is 24.3 Å². The van der Waals surface area contributed by atoms with Gasteiger partial charge in [0.2, 0.25) is 5.89 Å². The van der Waals surface area contributed by atoms with Gasteiger partial charge in [0.15, 0.2) is 5.76 Å². The Kier molecular flexibility index (Phi) is 6.07. The van der Waals surface area contributed by atoms with Gasteiger partial charge in [0.05, 0.1) is 38.8 Å². The van der Waals surface area contributed by atoms with Crippen molar-refractivity contribution >= 4 is 11.6 Å². The van der Waals surface area contributed by atoms with Crippen molar-refractivity contribution in [2.45, 2.75) is 0 Å². The minimum absolute atomic E-state index is 0.315. The number of oxazole rings is 1. The quantitative estimate of drug-likeness (QED) is 0.429. The van der Waals surface area contributed by atoms with E-state index in [-0.39, 0.29) is 5.91 Å². The van der Waals surface area contributed by atoms with Crippen LogP contribution in [0.3, 0.4) is 0 Å². The minimum atomic E-state index is -0.315. The molecule has 0 saturated heterocycles. The number of nitrogens with zero attached hydrogens (tertiary/aromatic N) is 1. The van der Waals surface area contributed by atoms with Crippen LogP contribution < -0.4 is 19.5 Å². The van der Waals surface area contributed by atoms with Crippen molar-refractivity contribution in [1.82, 2.24) is 4.98 Å². The van der Waals surface area contributed by atoms with E-state index < -0.39 is 0 Å². The van der Waals surface area contributed by atoms with Gasteiger partial charge in [0, 0.05) is 17.2 Å². The second kappa shape index (κ2) is 9.26. The van der Waals surface area contributed by atoms with Crippen LogP contribution in [0.4, 0.5) is 5.69 Å². The highest BCUT2D eigenvalue weighted by Crippen LogP contribution is 2.32. The van der Waals surface area contributed by atoms with E-state index in [1.54, 1.807) is 56.8 Å². The molecule has 3 aromatic carbocycles. The Morgan fingerprint density at radius 1 is 0.875 bits per heavy atom. The van der Waals surface area contributed by atoms with Crippen LogP contribution in [0.2, 0.25) is 0 Å². The van der Waals surface area contributed by atoms with E-state index in [9.17, 15) is 4.79 Å². The highest BCUT2D eigenvalue weighted by Gasteiger charge is 2.18. The summed E-state index contributed by atoms with van der Waals surface area (Å²) in [5.41, 5.74) is 2.35. The van der Waals surface area contributed by atoms with E-state index in [2.05, 4.69) is 10.3 Å². The first-order chi connectivity index (χ1) is 15.6. The molecule has 0 radical (unpaired) electrons. The topological polar surface area (TPSA) is 82.8 Å². The van der Waals surface area contributed by atoms with Crippen molar-refractivity contribution in [3.8, 4) is 40.0 Å². The molecule has 4 rings (SSSR count). The predicted molar refractivity (Wildman–Crippen MR) is 121 cm³/mol. The summed E-state index contributed by atoms with van der Waals surface area (Å²) in [5.74, 6) is 2.44. The fraction of sp³-hybridized carbons (Fsp3) is 0.120. The largest absolute Gasteiger partial charge is 0.497 e. The monoisotopic (exact) mass is 430 g/mol. The Morgan fingerprint density at radius 3 is 2.44 bits per heavy atom. The molecular formula is C25H22N2O5. The first-order valence-electron chi connectivity index (χ1n) is 9.86. The molecule has 162 valence electrons. The number of hydrogen-bond acceptors (Lipinski definition) is 6. The minimum Gasteiger partial charge on any atom is -0.497 e. The average Bonchev–Trinajstić information content (AvgIpc) is 3.34. The molecule has 1 heterocycles. The van der Waals surface area contributed by atoms with Crippen molar-refractivity contribution in [2.75, 3.05) is 26.6 Å². The van der Waals surface area contributed by atoms with Gasteiger partial charge in [0.1, 0.15) is 17.2 Å². The number of carbonyl (C=O) groups excluding carboxylic acids is 1. The zero-order chi connectivity index (χ0) is 22.5. The fourth-order valence-electron chi connectivity index (χ4n) is 3.27. The molecule has 4 aromatic rings.